The fourth-order valence-electron chi connectivity index (χ4n) is 3.10. The lowest BCUT2D eigenvalue weighted by atomic mass is 10.0. The number of ether oxygens (including phenoxy) is 1. The topological polar surface area (TPSA) is 24.5 Å². The highest BCUT2D eigenvalue weighted by molar-refractivity contribution is 5.54. The molecule has 1 N–H and O–H groups in total. The maximum atomic E-state index is 14.3. The van der Waals surface area contributed by atoms with Gasteiger partial charge in [0.05, 0.1) is 12.3 Å². The van der Waals surface area contributed by atoms with E-state index >= 15 is 0 Å². The molecule has 1 aliphatic carbocycles. The lowest BCUT2D eigenvalue weighted by Crippen LogP contribution is -2.32. The van der Waals surface area contributed by atoms with E-state index in [1.165, 1.54) is 19.3 Å². The summed E-state index contributed by atoms with van der Waals surface area (Å²) in [4.78, 5) is 2.07. The minimum absolute atomic E-state index is 0.121. The van der Waals surface area contributed by atoms with Crippen LogP contribution in [0.25, 0.3) is 0 Å². The summed E-state index contributed by atoms with van der Waals surface area (Å²) in [6.45, 7) is 3.28. The molecule has 2 fully saturated rings. The summed E-state index contributed by atoms with van der Waals surface area (Å²) in [5.41, 5.74) is 1.80. The molecule has 1 unspecified atom stereocenters. The van der Waals surface area contributed by atoms with Gasteiger partial charge in [-0.2, -0.15) is 0 Å². The van der Waals surface area contributed by atoms with Crippen molar-refractivity contribution >= 4 is 5.69 Å². The first-order valence-electron chi connectivity index (χ1n) is 8.03. The Hall–Kier alpha value is -1.13. The average Bonchev–Trinajstić information content (AvgIpc) is 3.30. The lowest BCUT2D eigenvalue weighted by Gasteiger charge is -2.30. The number of benzene rings is 1. The highest BCUT2D eigenvalue weighted by Crippen LogP contribution is 2.27. The molecule has 1 aromatic carbocycles. The van der Waals surface area contributed by atoms with Crippen molar-refractivity contribution in [2.24, 2.45) is 5.92 Å². The molecular formula is C17H25FN2O. The van der Waals surface area contributed by atoms with Crippen molar-refractivity contribution in [3.05, 3.63) is 29.6 Å². The van der Waals surface area contributed by atoms with Crippen LogP contribution in [-0.4, -0.2) is 32.8 Å². The molecule has 1 heterocycles. The summed E-state index contributed by atoms with van der Waals surface area (Å²) in [6, 6.07) is 6.03. The first-order chi connectivity index (χ1) is 10.2. The van der Waals surface area contributed by atoms with Crippen molar-refractivity contribution in [1.82, 2.24) is 5.32 Å². The second-order valence-electron chi connectivity index (χ2n) is 6.37. The van der Waals surface area contributed by atoms with Gasteiger partial charge in [-0.15, -0.1) is 0 Å². The van der Waals surface area contributed by atoms with Gasteiger partial charge < -0.3 is 15.0 Å². The van der Waals surface area contributed by atoms with Crippen molar-refractivity contribution in [2.75, 3.05) is 31.7 Å². The van der Waals surface area contributed by atoms with Crippen LogP contribution in [-0.2, 0) is 11.3 Å². The number of anilines is 1. The Balaban J connectivity index is 1.68. The van der Waals surface area contributed by atoms with Gasteiger partial charge in [0, 0.05) is 32.8 Å². The standard InChI is InChI=1S/C17H25FN2O/c1-20(11-13-4-3-9-21-12-13)17-14(5-2-6-16(17)18)10-19-15-7-8-15/h2,5-6,13,15,19H,3-4,7-12H2,1H3. The van der Waals surface area contributed by atoms with Crippen molar-refractivity contribution in [2.45, 2.75) is 38.3 Å². The van der Waals surface area contributed by atoms with E-state index in [-0.39, 0.29) is 5.82 Å². The molecule has 1 atom stereocenters. The molecule has 21 heavy (non-hydrogen) atoms. The van der Waals surface area contributed by atoms with E-state index in [1.54, 1.807) is 12.1 Å². The monoisotopic (exact) mass is 292 g/mol. The van der Waals surface area contributed by atoms with Gasteiger partial charge >= 0.3 is 0 Å². The van der Waals surface area contributed by atoms with Crippen molar-refractivity contribution in [3.63, 3.8) is 0 Å². The Morgan fingerprint density at radius 3 is 2.90 bits per heavy atom. The molecule has 0 bridgehead atoms. The summed E-state index contributed by atoms with van der Waals surface area (Å²) in [6.07, 6.45) is 4.79. The molecule has 1 aliphatic heterocycles. The first-order valence-corrected chi connectivity index (χ1v) is 8.03. The maximum absolute atomic E-state index is 14.3. The van der Waals surface area contributed by atoms with Crippen LogP contribution in [0.5, 0.6) is 0 Å². The SMILES string of the molecule is CN(CC1CCCOC1)c1c(F)cccc1CNC1CC1. The third-order valence-corrected chi connectivity index (χ3v) is 4.40. The smallest absolute Gasteiger partial charge is 0.146 e. The zero-order chi connectivity index (χ0) is 14.7. The highest BCUT2D eigenvalue weighted by Gasteiger charge is 2.23. The van der Waals surface area contributed by atoms with Gasteiger partial charge in [-0.25, -0.2) is 4.39 Å². The number of halogens is 1. The maximum Gasteiger partial charge on any atom is 0.146 e. The second kappa shape index (κ2) is 6.75. The van der Waals surface area contributed by atoms with E-state index in [9.17, 15) is 4.39 Å². The van der Waals surface area contributed by atoms with Gasteiger partial charge in [0.2, 0.25) is 0 Å². The summed E-state index contributed by atoms with van der Waals surface area (Å²) < 4.78 is 19.8. The Morgan fingerprint density at radius 2 is 2.19 bits per heavy atom. The van der Waals surface area contributed by atoms with E-state index in [0.717, 1.165) is 44.0 Å². The number of hydrogen-bond donors (Lipinski definition) is 1. The molecule has 2 aliphatic rings. The van der Waals surface area contributed by atoms with E-state index in [0.29, 0.717) is 12.0 Å². The zero-order valence-electron chi connectivity index (χ0n) is 12.8. The quantitative estimate of drug-likeness (QED) is 0.872. The predicted molar refractivity (Wildman–Crippen MR) is 83.1 cm³/mol. The Bertz CT molecular complexity index is 470. The van der Waals surface area contributed by atoms with Crippen LogP contribution in [0.15, 0.2) is 18.2 Å². The number of para-hydroxylation sites is 1. The van der Waals surface area contributed by atoms with Gasteiger partial charge in [0.15, 0.2) is 0 Å². The lowest BCUT2D eigenvalue weighted by molar-refractivity contribution is 0.0576. The average molecular weight is 292 g/mol. The summed E-state index contributed by atoms with van der Waals surface area (Å²) >= 11 is 0. The van der Waals surface area contributed by atoms with Crippen LogP contribution in [0.1, 0.15) is 31.2 Å². The highest BCUT2D eigenvalue weighted by atomic mass is 19.1. The number of hydrogen-bond acceptors (Lipinski definition) is 3. The number of nitrogens with one attached hydrogen (secondary N) is 1. The van der Waals surface area contributed by atoms with Gasteiger partial charge in [-0.3, -0.25) is 0 Å². The summed E-state index contributed by atoms with van der Waals surface area (Å²) in [7, 11) is 1.99. The fraction of sp³-hybridized carbons (Fsp3) is 0.647. The fourth-order valence-corrected chi connectivity index (χ4v) is 3.10. The van der Waals surface area contributed by atoms with Crippen LogP contribution in [0.3, 0.4) is 0 Å². The van der Waals surface area contributed by atoms with E-state index in [2.05, 4.69) is 10.2 Å². The third-order valence-electron chi connectivity index (χ3n) is 4.40. The Morgan fingerprint density at radius 1 is 1.33 bits per heavy atom. The molecule has 3 nitrogen and oxygen atoms in total. The molecule has 1 aromatic rings. The molecule has 0 radical (unpaired) electrons. The molecule has 3 rings (SSSR count). The molecule has 1 saturated carbocycles. The molecular weight excluding hydrogens is 267 g/mol. The van der Waals surface area contributed by atoms with E-state index in [4.69, 9.17) is 4.74 Å². The molecule has 0 spiro atoms. The first kappa shape index (κ1) is 14.8. The second-order valence-corrected chi connectivity index (χ2v) is 6.37. The van der Waals surface area contributed by atoms with E-state index < -0.39 is 0 Å². The minimum atomic E-state index is -0.121. The molecule has 116 valence electrons. The zero-order valence-corrected chi connectivity index (χ0v) is 12.8. The van der Waals surface area contributed by atoms with Crippen molar-refractivity contribution < 1.29 is 9.13 Å². The Labute approximate surface area is 126 Å². The summed E-state index contributed by atoms with van der Waals surface area (Å²) in [5.74, 6) is 0.386. The number of nitrogens with zero attached hydrogens (tertiary/aromatic N) is 1. The minimum Gasteiger partial charge on any atom is -0.381 e. The predicted octanol–water partition coefficient (Wildman–Crippen LogP) is 2.94. The normalized spacial score (nSPS) is 22.3. The van der Waals surface area contributed by atoms with Gasteiger partial charge in [-0.1, -0.05) is 12.1 Å². The van der Waals surface area contributed by atoms with Gasteiger partial charge in [-0.05, 0) is 43.2 Å². The largest absolute Gasteiger partial charge is 0.381 e. The van der Waals surface area contributed by atoms with Gasteiger partial charge in [0.1, 0.15) is 5.82 Å². The molecule has 4 heteroatoms. The van der Waals surface area contributed by atoms with Crippen LogP contribution in [0, 0.1) is 11.7 Å². The third kappa shape index (κ3) is 3.95. The summed E-state index contributed by atoms with van der Waals surface area (Å²) in [5, 5.41) is 3.48. The van der Waals surface area contributed by atoms with E-state index in [1.807, 2.05) is 13.1 Å². The Kier molecular flexibility index (Phi) is 4.76. The van der Waals surface area contributed by atoms with Crippen LogP contribution >= 0.6 is 0 Å². The molecule has 1 saturated heterocycles. The van der Waals surface area contributed by atoms with Crippen molar-refractivity contribution in [3.8, 4) is 0 Å². The van der Waals surface area contributed by atoms with Crippen LogP contribution in [0.4, 0.5) is 10.1 Å². The number of rotatable bonds is 6. The molecule has 0 aromatic heterocycles. The van der Waals surface area contributed by atoms with Crippen LogP contribution in [0.2, 0.25) is 0 Å². The van der Waals surface area contributed by atoms with Gasteiger partial charge in [0.25, 0.3) is 0 Å². The molecule has 0 amide bonds. The van der Waals surface area contributed by atoms with Crippen molar-refractivity contribution in [1.29, 1.82) is 0 Å². The van der Waals surface area contributed by atoms with Crippen LogP contribution < -0.4 is 10.2 Å².